The molecule has 18 heavy (non-hydrogen) atoms. The highest BCUT2D eigenvalue weighted by Crippen LogP contribution is 2.17. The van der Waals surface area contributed by atoms with Gasteiger partial charge in [0.2, 0.25) is 0 Å². The summed E-state index contributed by atoms with van der Waals surface area (Å²) in [6.07, 6.45) is 3.78. The van der Waals surface area contributed by atoms with Gasteiger partial charge in [0.05, 0.1) is 13.2 Å². The lowest BCUT2D eigenvalue weighted by molar-refractivity contribution is 0.0882. The van der Waals surface area contributed by atoms with Crippen molar-refractivity contribution in [3.8, 4) is 0 Å². The molecule has 0 aromatic rings. The van der Waals surface area contributed by atoms with Gasteiger partial charge in [0.25, 0.3) is 0 Å². The molecule has 5 nitrogen and oxygen atoms in total. The van der Waals surface area contributed by atoms with Crippen molar-refractivity contribution in [1.29, 1.82) is 0 Å². The van der Waals surface area contributed by atoms with Crippen LogP contribution in [0.1, 0.15) is 12.8 Å². The van der Waals surface area contributed by atoms with E-state index >= 15 is 0 Å². The normalized spacial score (nSPS) is 16.6. The lowest BCUT2D eigenvalue weighted by atomic mass is 9.98. The maximum Gasteiger partial charge on any atom is 0.317 e. The first-order valence-electron chi connectivity index (χ1n) is 6.48. The molecule has 0 aliphatic carbocycles. The fourth-order valence-corrected chi connectivity index (χ4v) is 1.99. The van der Waals surface area contributed by atoms with Gasteiger partial charge in [0, 0.05) is 33.4 Å². The monoisotopic (exact) mass is 256 g/mol. The molecule has 1 N–H and O–H groups in total. The molecule has 1 fully saturated rings. The largest absolute Gasteiger partial charge is 0.383 e. The average molecular weight is 256 g/mol. The number of hydrogen-bond donors (Lipinski definition) is 1. The molecule has 1 saturated heterocycles. The zero-order valence-electron chi connectivity index (χ0n) is 11.2. The number of carbonyl (C=O) groups excluding carboxylic acids is 1. The van der Waals surface area contributed by atoms with Crippen LogP contribution in [-0.4, -0.2) is 57.5 Å². The predicted molar refractivity (Wildman–Crippen MR) is 70.6 cm³/mol. The van der Waals surface area contributed by atoms with Crippen molar-refractivity contribution < 1.29 is 14.3 Å². The molecule has 0 bridgehead atoms. The maximum absolute atomic E-state index is 11.8. The van der Waals surface area contributed by atoms with Crippen LogP contribution in [0.4, 0.5) is 4.79 Å². The summed E-state index contributed by atoms with van der Waals surface area (Å²) in [7, 11) is 1.63. The third kappa shape index (κ3) is 5.51. The summed E-state index contributed by atoms with van der Waals surface area (Å²) in [6, 6.07) is 0.0116. The molecule has 0 aromatic carbocycles. The zero-order valence-corrected chi connectivity index (χ0v) is 11.2. The first kappa shape index (κ1) is 15.0. The highest BCUT2D eigenvalue weighted by Gasteiger charge is 2.22. The van der Waals surface area contributed by atoms with Crippen molar-refractivity contribution in [3.63, 3.8) is 0 Å². The summed E-state index contributed by atoms with van der Waals surface area (Å²) in [5.74, 6) is 0.563. The van der Waals surface area contributed by atoms with E-state index in [1.54, 1.807) is 13.2 Å². The number of nitrogens with one attached hydrogen (secondary N) is 1. The van der Waals surface area contributed by atoms with Gasteiger partial charge in [-0.05, 0) is 18.8 Å². The molecule has 1 rings (SSSR count). The first-order chi connectivity index (χ1) is 8.77. The van der Waals surface area contributed by atoms with Gasteiger partial charge in [-0.25, -0.2) is 4.79 Å². The Morgan fingerprint density at radius 2 is 2.22 bits per heavy atom. The molecule has 0 radical (unpaired) electrons. The average Bonchev–Trinajstić information content (AvgIpc) is 2.40. The van der Waals surface area contributed by atoms with Crippen molar-refractivity contribution in [3.05, 3.63) is 12.7 Å². The Bertz CT molecular complexity index is 251. The first-order valence-corrected chi connectivity index (χ1v) is 6.48. The van der Waals surface area contributed by atoms with E-state index in [2.05, 4.69) is 11.9 Å². The van der Waals surface area contributed by atoms with Crippen LogP contribution in [0.5, 0.6) is 0 Å². The lowest BCUT2D eigenvalue weighted by Crippen LogP contribution is -2.45. The predicted octanol–water partition coefficient (Wildman–Crippen LogP) is 1.26. The zero-order chi connectivity index (χ0) is 13.2. The summed E-state index contributed by atoms with van der Waals surface area (Å²) in [5, 5.41) is 2.84. The van der Waals surface area contributed by atoms with Crippen molar-refractivity contribution in [2.75, 3.05) is 46.6 Å². The molecule has 1 aliphatic rings. The van der Waals surface area contributed by atoms with E-state index in [0.29, 0.717) is 25.7 Å². The van der Waals surface area contributed by atoms with Crippen LogP contribution in [-0.2, 0) is 9.47 Å². The molecule has 104 valence electrons. The van der Waals surface area contributed by atoms with Crippen LogP contribution in [0.15, 0.2) is 12.7 Å². The van der Waals surface area contributed by atoms with E-state index in [1.165, 1.54) is 0 Å². The summed E-state index contributed by atoms with van der Waals surface area (Å²) in [5.41, 5.74) is 0. The Labute approximate surface area is 109 Å². The fraction of sp³-hybridized carbons (Fsp3) is 0.769. The Morgan fingerprint density at radius 1 is 1.50 bits per heavy atom. The number of carbonyl (C=O) groups is 1. The molecule has 2 amide bonds. The number of amides is 2. The number of nitrogens with zero attached hydrogens (tertiary/aromatic N) is 1. The maximum atomic E-state index is 11.8. The molecule has 0 aromatic heterocycles. The van der Waals surface area contributed by atoms with Gasteiger partial charge in [0.1, 0.15) is 0 Å². The second-order valence-electron chi connectivity index (χ2n) is 4.48. The smallest absolute Gasteiger partial charge is 0.317 e. The minimum absolute atomic E-state index is 0.0116. The third-order valence-corrected chi connectivity index (χ3v) is 3.07. The molecular weight excluding hydrogens is 232 g/mol. The van der Waals surface area contributed by atoms with Gasteiger partial charge >= 0.3 is 6.03 Å². The van der Waals surface area contributed by atoms with Crippen LogP contribution in [0, 0.1) is 5.92 Å². The number of hydrogen-bond acceptors (Lipinski definition) is 3. The van der Waals surface area contributed by atoms with Crippen LogP contribution in [0.25, 0.3) is 0 Å². The van der Waals surface area contributed by atoms with Crippen LogP contribution >= 0.6 is 0 Å². The molecule has 0 saturated carbocycles. The molecule has 0 spiro atoms. The molecule has 0 atom stereocenters. The second kappa shape index (κ2) is 8.94. The Balaban J connectivity index is 2.14. The Morgan fingerprint density at radius 3 is 2.83 bits per heavy atom. The summed E-state index contributed by atoms with van der Waals surface area (Å²) < 4.78 is 10.3. The van der Waals surface area contributed by atoms with E-state index in [0.717, 1.165) is 32.5 Å². The summed E-state index contributed by atoms with van der Waals surface area (Å²) in [6.45, 7) is 7.73. The number of rotatable bonds is 7. The van der Waals surface area contributed by atoms with Crippen molar-refractivity contribution in [1.82, 2.24) is 10.2 Å². The molecule has 1 heterocycles. The van der Waals surface area contributed by atoms with E-state index < -0.39 is 0 Å². The van der Waals surface area contributed by atoms with E-state index in [1.807, 2.05) is 4.90 Å². The van der Waals surface area contributed by atoms with Crippen molar-refractivity contribution in [2.45, 2.75) is 12.8 Å². The SMILES string of the molecule is C=CCOCC1CCN(C(=O)NCCOC)CC1. The molecule has 1 aliphatic heterocycles. The quantitative estimate of drug-likeness (QED) is 0.551. The number of likely N-dealkylation sites (tertiary alicyclic amines) is 1. The molecule has 5 heteroatoms. The topological polar surface area (TPSA) is 50.8 Å². The van der Waals surface area contributed by atoms with Gasteiger partial charge in [-0.15, -0.1) is 6.58 Å². The highest BCUT2D eigenvalue weighted by atomic mass is 16.5. The number of methoxy groups -OCH3 is 1. The number of piperidine rings is 1. The van der Waals surface area contributed by atoms with Crippen LogP contribution in [0.2, 0.25) is 0 Å². The standard InChI is InChI=1S/C13H24N2O3/c1-3-9-18-11-12-4-7-15(8-5-12)13(16)14-6-10-17-2/h3,12H,1,4-11H2,2H3,(H,14,16). The van der Waals surface area contributed by atoms with E-state index in [4.69, 9.17) is 9.47 Å². The summed E-state index contributed by atoms with van der Waals surface area (Å²) in [4.78, 5) is 13.6. The van der Waals surface area contributed by atoms with Gasteiger partial charge in [-0.3, -0.25) is 0 Å². The number of ether oxygens (including phenoxy) is 2. The van der Waals surface area contributed by atoms with Gasteiger partial charge in [-0.1, -0.05) is 6.08 Å². The molecule has 0 unspecified atom stereocenters. The fourth-order valence-electron chi connectivity index (χ4n) is 1.99. The minimum atomic E-state index is 0.0116. The van der Waals surface area contributed by atoms with Crippen LogP contribution < -0.4 is 5.32 Å². The Hall–Kier alpha value is -1.07. The van der Waals surface area contributed by atoms with Gasteiger partial charge in [0.15, 0.2) is 0 Å². The molecular formula is C13H24N2O3. The van der Waals surface area contributed by atoms with Crippen LogP contribution in [0.3, 0.4) is 0 Å². The Kier molecular flexibility index (Phi) is 7.44. The third-order valence-electron chi connectivity index (χ3n) is 3.07. The van der Waals surface area contributed by atoms with E-state index in [-0.39, 0.29) is 6.03 Å². The second-order valence-corrected chi connectivity index (χ2v) is 4.48. The van der Waals surface area contributed by atoms with Crippen molar-refractivity contribution in [2.24, 2.45) is 5.92 Å². The van der Waals surface area contributed by atoms with Crippen molar-refractivity contribution >= 4 is 6.03 Å². The van der Waals surface area contributed by atoms with E-state index in [9.17, 15) is 4.79 Å². The summed E-state index contributed by atoms with van der Waals surface area (Å²) >= 11 is 0. The minimum Gasteiger partial charge on any atom is -0.383 e. The number of urea groups is 1. The van der Waals surface area contributed by atoms with Gasteiger partial charge in [-0.2, -0.15) is 0 Å². The van der Waals surface area contributed by atoms with Gasteiger partial charge < -0.3 is 19.7 Å². The lowest BCUT2D eigenvalue weighted by Gasteiger charge is -2.31. The highest BCUT2D eigenvalue weighted by molar-refractivity contribution is 5.74.